The summed E-state index contributed by atoms with van der Waals surface area (Å²) in [6.45, 7) is 3.28. The minimum atomic E-state index is -0.751. The fourth-order valence-corrected chi connectivity index (χ4v) is 2.52. The molecular weight excluding hydrogens is 260 g/mol. The molecule has 2 rings (SSSR count). The number of amides is 2. The number of nitrogens with one attached hydrogen (secondary N) is 2. The summed E-state index contributed by atoms with van der Waals surface area (Å²) < 4.78 is 0. The van der Waals surface area contributed by atoms with Gasteiger partial charge in [0.2, 0.25) is 0 Å². The van der Waals surface area contributed by atoms with Crippen molar-refractivity contribution in [2.45, 2.75) is 32.7 Å². The normalized spacial score (nSPS) is 17.8. The first-order valence-corrected chi connectivity index (χ1v) is 6.81. The second kappa shape index (κ2) is 5.94. The zero-order valence-electron chi connectivity index (χ0n) is 11.6. The van der Waals surface area contributed by atoms with Crippen LogP contribution >= 0.6 is 0 Å². The van der Waals surface area contributed by atoms with Gasteiger partial charge in [0, 0.05) is 31.4 Å². The monoisotopic (exact) mass is 280 g/mol. The molecule has 1 saturated heterocycles. The SMILES string of the molecule is CCC1(C(=O)O)CCN(C(=O)NCc2cn[nH]c2)CC1. The molecule has 0 saturated carbocycles. The van der Waals surface area contributed by atoms with Crippen molar-refractivity contribution in [2.24, 2.45) is 5.41 Å². The number of carboxylic acid groups (broad SMARTS) is 1. The van der Waals surface area contributed by atoms with Gasteiger partial charge in [-0.2, -0.15) is 5.10 Å². The van der Waals surface area contributed by atoms with E-state index in [-0.39, 0.29) is 6.03 Å². The Balaban J connectivity index is 1.84. The van der Waals surface area contributed by atoms with Crippen molar-refractivity contribution in [2.75, 3.05) is 13.1 Å². The van der Waals surface area contributed by atoms with E-state index in [2.05, 4.69) is 15.5 Å². The van der Waals surface area contributed by atoms with Gasteiger partial charge in [0.25, 0.3) is 0 Å². The first-order chi connectivity index (χ1) is 9.57. The highest BCUT2D eigenvalue weighted by molar-refractivity contribution is 5.77. The third-order valence-corrected chi connectivity index (χ3v) is 4.14. The van der Waals surface area contributed by atoms with Crippen molar-refractivity contribution in [3.8, 4) is 0 Å². The van der Waals surface area contributed by atoms with Crippen LogP contribution in [0.5, 0.6) is 0 Å². The number of piperidine rings is 1. The average molecular weight is 280 g/mol. The van der Waals surface area contributed by atoms with Crippen LogP contribution in [0.4, 0.5) is 4.79 Å². The molecule has 1 aliphatic rings. The highest BCUT2D eigenvalue weighted by Gasteiger charge is 2.40. The molecule has 0 bridgehead atoms. The maximum atomic E-state index is 12.0. The molecule has 0 unspecified atom stereocenters. The molecule has 1 aromatic heterocycles. The van der Waals surface area contributed by atoms with E-state index < -0.39 is 11.4 Å². The molecule has 0 radical (unpaired) electrons. The van der Waals surface area contributed by atoms with Gasteiger partial charge in [0.05, 0.1) is 11.6 Å². The summed E-state index contributed by atoms with van der Waals surface area (Å²) in [4.78, 5) is 25.0. The summed E-state index contributed by atoms with van der Waals surface area (Å²) in [6.07, 6.45) is 5.01. The fourth-order valence-electron chi connectivity index (χ4n) is 2.52. The average Bonchev–Trinajstić information content (AvgIpc) is 2.98. The lowest BCUT2D eigenvalue weighted by Crippen LogP contribution is -2.49. The van der Waals surface area contributed by atoms with E-state index in [0.29, 0.717) is 38.9 Å². The molecule has 2 heterocycles. The highest BCUT2D eigenvalue weighted by atomic mass is 16.4. The largest absolute Gasteiger partial charge is 0.481 e. The van der Waals surface area contributed by atoms with E-state index in [9.17, 15) is 14.7 Å². The molecule has 7 heteroatoms. The zero-order chi connectivity index (χ0) is 14.6. The van der Waals surface area contributed by atoms with Crippen LogP contribution in [0.25, 0.3) is 0 Å². The molecule has 20 heavy (non-hydrogen) atoms. The van der Waals surface area contributed by atoms with Gasteiger partial charge in [0.1, 0.15) is 0 Å². The summed E-state index contributed by atoms with van der Waals surface area (Å²) in [5.74, 6) is -0.751. The number of carbonyl (C=O) groups excluding carboxylic acids is 1. The summed E-state index contributed by atoms with van der Waals surface area (Å²) in [5, 5.41) is 18.6. The van der Waals surface area contributed by atoms with E-state index in [1.54, 1.807) is 17.3 Å². The van der Waals surface area contributed by atoms with Crippen LogP contribution in [0.3, 0.4) is 0 Å². The maximum absolute atomic E-state index is 12.0. The van der Waals surface area contributed by atoms with E-state index in [4.69, 9.17) is 0 Å². The first kappa shape index (κ1) is 14.4. The Labute approximate surface area is 117 Å². The summed E-state index contributed by atoms with van der Waals surface area (Å²) >= 11 is 0. The van der Waals surface area contributed by atoms with Gasteiger partial charge in [-0.25, -0.2) is 4.79 Å². The molecular formula is C13H20N4O3. The molecule has 1 aliphatic heterocycles. The van der Waals surface area contributed by atoms with Crippen molar-refractivity contribution in [3.63, 3.8) is 0 Å². The molecule has 7 nitrogen and oxygen atoms in total. The number of H-pyrrole nitrogens is 1. The minimum absolute atomic E-state index is 0.152. The van der Waals surface area contributed by atoms with Crippen molar-refractivity contribution < 1.29 is 14.7 Å². The quantitative estimate of drug-likeness (QED) is 0.771. The van der Waals surface area contributed by atoms with Crippen LogP contribution in [-0.2, 0) is 11.3 Å². The second-order valence-corrected chi connectivity index (χ2v) is 5.19. The fraction of sp³-hybridized carbons (Fsp3) is 0.615. The molecule has 110 valence electrons. The maximum Gasteiger partial charge on any atom is 0.317 e. The zero-order valence-corrected chi connectivity index (χ0v) is 11.6. The Hall–Kier alpha value is -2.05. The number of aromatic amines is 1. The molecule has 0 aromatic carbocycles. The lowest BCUT2D eigenvalue weighted by atomic mass is 9.76. The van der Waals surface area contributed by atoms with Gasteiger partial charge < -0.3 is 15.3 Å². The molecule has 0 atom stereocenters. The lowest BCUT2D eigenvalue weighted by molar-refractivity contribution is -0.151. The predicted molar refractivity (Wildman–Crippen MR) is 72.0 cm³/mol. The number of hydrogen-bond acceptors (Lipinski definition) is 3. The number of aromatic nitrogens is 2. The van der Waals surface area contributed by atoms with Crippen LogP contribution in [0.1, 0.15) is 31.7 Å². The number of urea groups is 1. The van der Waals surface area contributed by atoms with Crippen LogP contribution in [-0.4, -0.2) is 45.3 Å². The second-order valence-electron chi connectivity index (χ2n) is 5.19. The Morgan fingerprint density at radius 2 is 2.20 bits per heavy atom. The molecule has 1 aromatic rings. The number of hydrogen-bond donors (Lipinski definition) is 3. The van der Waals surface area contributed by atoms with E-state index in [1.165, 1.54) is 0 Å². The van der Waals surface area contributed by atoms with Crippen molar-refractivity contribution in [3.05, 3.63) is 18.0 Å². The third kappa shape index (κ3) is 2.92. The molecule has 1 fully saturated rings. The third-order valence-electron chi connectivity index (χ3n) is 4.14. The molecule has 0 spiro atoms. The van der Waals surface area contributed by atoms with Crippen LogP contribution in [0.2, 0.25) is 0 Å². The summed E-state index contributed by atoms with van der Waals surface area (Å²) in [7, 11) is 0. The lowest BCUT2D eigenvalue weighted by Gasteiger charge is -2.38. The molecule has 3 N–H and O–H groups in total. The van der Waals surface area contributed by atoms with Crippen molar-refractivity contribution >= 4 is 12.0 Å². The van der Waals surface area contributed by atoms with E-state index in [0.717, 1.165) is 5.56 Å². The minimum Gasteiger partial charge on any atom is -0.481 e. The highest BCUT2D eigenvalue weighted by Crippen LogP contribution is 2.35. The van der Waals surface area contributed by atoms with Crippen LogP contribution in [0, 0.1) is 5.41 Å². The number of rotatable bonds is 4. The molecule has 2 amide bonds. The smallest absolute Gasteiger partial charge is 0.317 e. The van der Waals surface area contributed by atoms with Crippen molar-refractivity contribution in [1.29, 1.82) is 0 Å². The number of nitrogens with zero attached hydrogens (tertiary/aromatic N) is 2. The Bertz CT molecular complexity index is 464. The van der Waals surface area contributed by atoms with Gasteiger partial charge in [-0.05, 0) is 19.3 Å². The number of carbonyl (C=O) groups is 2. The van der Waals surface area contributed by atoms with Crippen LogP contribution in [0.15, 0.2) is 12.4 Å². The first-order valence-electron chi connectivity index (χ1n) is 6.81. The standard InChI is InChI=1S/C13H20N4O3/c1-2-13(11(18)19)3-5-17(6-4-13)12(20)14-7-10-8-15-16-9-10/h8-9H,2-7H2,1H3,(H,14,20)(H,15,16)(H,18,19). The Morgan fingerprint density at radius 3 is 2.70 bits per heavy atom. The van der Waals surface area contributed by atoms with Gasteiger partial charge >= 0.3 is 12.0 Å². The predicted octanol–water partition coefficient (Wildman–Crippen LogP) is 1.20. The van der Waals surface area contributed by atoms with Gasteiger partial charge in [-0.1, -0.05) is 6.92 Å². The Kier molecular flexibility index (Phi) is 4.26. The van der Waals surface area contributed by atoms with Gasteiger partial charge in [-0.15, -0.1) is 0 Å². The topological polar surface area (TPSA) is 98.3 Å². The summed E-state index contributed by atoms with van der Waals surface area (Å²) in [5.41, 5.74) is 0.241. The van der Waals surface area contributed by atoms with E-state index in [1.807, 2.05) is 6.92 Å². The van der Waals surface area contributed by atoms with Gasteiger partial charge in [-0.3, -0.25) is 9.89 Å². The molecule has 0 aliphatic carbocycles. The van der Waals surface area contributed by atoms with Crippen molar-refractivity contribution in [1.82, 2.24) is 20.4 Å². The van der Waals surface area contributed by atoms with E-state index >= 15 is 0 Å². The Morgan fingerprint density at radius 1 is 1.50 bits per heavy atom. The number of aliphatic carboxylic acids is 1. The van der Waals surface area contributed by atoms with Gasteiger partial charge in [0.15, 0.2) is 0 Å². The van der Waals surface area contributed by atoms with Crippen LogP contribution < -0.4 is 5.32 Å². The number of likely N-dealkylation sites (tertiary alicyclic amines) is 1. The number of carboxylic acids is 1. The summed E-state index contributed by atoms with van der Waals surface area (Å²) in [6, 6.07) is -0.152.